The maximum atomic E-state index is 8.39. The first-order valence-electron chi connectivity index (χ1n) is 2.15. The van der Waals surface area contributed by atoms with Gasteiger partial charge in [0, 0.05) is 0 Å². The summed E-state index contributed by atoms with van der Waals surface area (Å²) in [5.41, 5.74) is 0.722. The molecule has 0 aromatic rings. The van der Waals surface area contributed by atoms with Crippen molar-refractivity contribution in [2.45, 2.75) is 5.56 Å². The molecule has 1 nitrogen and oxygen atoms in total. The van der Waals surface area contributed by atoms with E-state index in [1.54, 1.807) is 0 Å². The van der Waals surface area contributed by atoms with Crippen LogP contribution in [0.15, 0.2) is 0 Å². The molecule has 0 aromatic heterocycles. The summed E-state index contributed by atoms with van der Waals surface area (Å²) in [5, 5.41) is 8.39. The van der Waals surface area contributed by atoms with Gasteiger partial charge in [-0.3, -0.25) is 0 Å². The highest BCUT2D eigenvalue weighted by Crippen LogP contribution is 2.53. The molecule has 1 rings (SSSR count). The van der Waals surface area contributed by atoms with Gasteiger partial charge in [-0.2, -0.15) is 0 Å². The summed E-state index contributed by atoms with van der Waals surface area (Å²) in [4.78, 5) is 0. The van der Waals surface area contributed by atoms with Gasteiger partial charge in [-0.05, 0) is 18.4 Å². The summed E-state index contributed by atoms with van der Waals surface area (Å²) < 4.78 is 0. The Labute approximate surface area is 39.8 Å². The van der Waals surface area contributed by atoms with Crippen molar-refractivity contribution in [3.05, 3.63) is 0 Å². The van der Waals surface area contributed by atoms with Crippen LogP contribution in [-0.4, -0.2) is 30.9 Å². The molecule has 34 valence electrons. The first kappa shape index (κ1) is 4.61. The molecule has 0 aromatic carbocycles. The van der Waals surface area contributed by atoms with Crippen molar-refractivity contribution in [1.82, 2.24) is 0 Å². The maximum Gasteiger partial charge on any atom is 0.278 e. The van der Waals surface area contributed by atoms with Crippen LogP contribution in [0.2, 0.25) is 0 Å². The highest BCUT2D eigenvalue weighted by molar-refractivity contribution is 7.67. The largest absolute Gasteiger partial charge is 0.453 e. The van der Waals surface area contributed by atoms with Gasteiger partial charge < -0.3 is 5.02 Å². The Morgan fingerprint density at radius 1 is 2.00 bits per heavy atom. The van der Waals surface area contributed by atoms with E-state index in [0.717, 1.165) is 5.56 Å². The Bertz CT molecular complexity index is 56.8. The van der Waals surface area contributed by atoms with Crippen LogP contribution < -0.4 is 0 Å². The van der Waals surface area contributed by atoms with E-state index in [9.17, 15) is 0 Å². The lowest BCUT2D eigenvalue weighted by Crippen LogP contribution is -1.94. The van der Waals surface area contributed by atoms with Gasteiger partial charge in [-0.15, -0.1) is 7.92 Å². The Hall–Kier alpha value is 0.455. The summed E-state index contributed by atoms with van der Waals surface area (Å²) >= 11 is 0. The minimum absolute atomic E-state index is 0.316. The molecule has 0 bridgehead atoms. The third-order valence-corrected chi connectivity index (χ3v) is 3.34. The van der Waals surface area contributed by atoms with Crippen molar-refractivity contribution in [2.75, 3.05) is 12.8 Å². The summed E-state index contributed by atoms with van der Waals surface area (Å²) in [6.07, 6.45) is 1.31. The molecular weight excluding hydrogens is 93.8 g/mol. The standard InChI is InChI=1S/C3H8BOP/c1-6-2-3(6)4-5/h3-5H,2H2,1H3. The Balaban J connectivity index is 2.09. The van der Waals surface area contributed by atoms with Gasteiger partial charge in [0.1, 0.15) is 0 Å². The van der Waals surface area contributed by atoms with Crippen molar-refractivity contribution in [3.8, 4) is 0 Å². The highest BCUT2D eigenvalue weighted by atomic mass is 31.1. The van der Waals surface area contributed by atoms with Crippen LogP contribution in [0.3, 0.4) is 0 Å². The zero-order chi connectivity index (χ0) is 4.57. The molecule has 1 saturated heterocycles. The second-order valence-corrected chi connectivity index (χ2v) is 4.39. The van der Waals surface area contributed by atoms with E-state index in [4.69, 9.17) is 5.02 Å². The molecule has 1 aliphatic heterocycles. The van der Waals surface area contributed by atoms with E-state index in [1.807, 2.05) is 0 Å². The van der Waals surface area contributed by atoms with E-state index < -0.39 is 0 Å². The fraction of sp³-hybridized carbons (Fsp3) is 1.00. The molecule has 3 heteroatoms. The monoisotopic (exact) mass is 102 g/mol. The topological polar surface area (TPSA) is 20.2 Å². The van der Waals surface area contributed by atoms with Gasteiger partial charge in [0.15, 0.2) is 0 Å². The molecule has 0 saturated carbocycles. The van der Waals surface area contributed by atoms with E-state index in [0.29, 0.717) is 15.4 Å². The lowest BCUT2D eigenvalue weighted by molar-refractivity contribution is 0.603. The fourth-order valence-electron chi connectivity index (χ4n) is 0.482. The first-order valence-corrected chi connectivity index (χ1v) is 4.20. The van der Waals surface area contributed by atoms with E-state index in [2.05, 4.69) is 6.66 Å². The first-order chi connectivity index (χ1) is 2.84. The van der Waals surface area contributed by atoms with Gasteiger partial charge in [0.2, 0.25) is 0 Å². The number of hydrogen-bond acceptors (Lipinski definition) is 1. The molecule has 1 fully saturated rings. The predicted octanol–water partition coefficient (Wildman–Crippen LogP) is -0.218. The van der Waals surface area contributed by atoms with E-state index in [1.165, 1.54) is 6.16 Å². The van der Waals surface area contributed by atoms with E-state index >= 15 is 0 Å². The van der Waals surface area contributed by atoms with Crippen LogP contribution in [0.25, 0.3) is 0 Å². The predicted molar refractivity (Wildman–Crippen MR) is 30.9 cm³/mol. The van der Waals surface area contributed by atoms with Crippen LogP contribution in [0.5, 0.6) is 0 Å². The average Bonchev–Trinajstić information content (AvgIpc) is 2.19. The Kier molecular flexibility index (Phi) is 1.16. The number of rotatable bonds is 1. The van der Waals surface area contributed by atoms with Crippen LogP contribution in [0.1, 0.15) is 0 Å². The van der Waals surface area contributed by atoms with Crippen molar-refractivity contribution >= 4 is 15.4 Å². The second-order valence-electron chi connectivity index (χ2n) is 1.78. The molecule has 1 N–H and O–H groups in total. The molecule has 0 amide bonds. The lowest BCUT2D eigenvalue weighted by Gasteiger charge is -1.75. The Morgan fingerprint density at radius 2 is 2.50 bits per heavy atom. The zero-order valence-electron chi connectivity index (χ0n) is 3.89. The van der Waals surface area contributed by atoms with Crippen LogP contribution >= 0.6 is 7.92 Å². The normalized spacial score (nSPS) is 42.3. The molecule has 0 aliphatic carbocycles. The minimum Gasteiger partial charge on any atom is -0.453 e. The molecule has 6 heavy (non-hydrogen) atoms. The van der Waals surface area contributed by atoms with Crippen LogP contribution in [0.4, 0.5) is 0 Å². The quantitative estimate of drug-likeness (QED) is 0.358. The van der Waals surface area contributed by atoms with Gasteiger partial charge in [-0.1, -0.05) is 0 Å². The summed E-state index contributed by atoms with van der Waals surface area (Å²) in [6.45, 7) is 2.23. The summed E-state index contributed by atoms with van der Waals surface area (Å²) in [5.74, 6) is 0. The lowest BCUT2D eigenvalue weighted by atomic mass is 9.99. The minimum atomic E-state index is 0.316. The van der Waals surface area contributed by atoms with Crippen LogP contribution in [0, 0.1) is 0 Å². The number of hydrogen-bond donors (Lipinski definition) is 1. The van der Waals surface area contributed by atoms with Crippen molar-refractivity contribution in [1.29, 1.82) is 0 Å². The molecule has 1 aliphatic rings. The van der Waals surface area contributed by atoms with Gasteiger partial charge in [-0.25, -0.2) is 0 Å². The average molecular weight is 102 g/mol. The van der Waals surface area contributed by atoms with Crippen LogP contribution in [-0.2, 0) is 0 Å². The smallest absolute Gasteiger partial charge is 0.278 e. The van der Waals surface area contributed by atoms with E-state index in [-0.39, 0.29) is 0 Å². The molecule has 0 radical (unpaired) electrons. The second kappa shape index (κ2) is 1.51. The molecule has 2 atom stereocenters. The van der Waals surface area contributed by atoms with Crippen molar-refractivity contribution in [2.24, 2.45) is 0 Å². The summed E-state index contributed by atoms with van der Waals surface area (Å²) in [6, 6.07) is 0. The molecular formula is C3H8BOP. The third kappa shape index (κ3) is 0.744. The van der Waals surface area contributed by atoms with Gasteiger partial charge >= 0.3 is 0 Å². The third-order valence-electron chi connectivity index (χ3n) is 1.20. The molecule has 2 unspecified atom stereocenters. The maximum absolute atomic E-state index is 8.39. The van der Waals surface area contributed by atoms with Gasteiger partial charge in [0.05, 0.1) is 0 Å². The van der Waals surface area contributed by atoms with Crippen molar-refractivity contribution < 1.29 is 5.02 Å². The SMILES string of the molecule is CP1CC1BO. The molecule has 1 heterocycles. The molecule has 0 spiro atoms. The summed E-state index contributed by atoms with van der Waals surface area (Å²) in [7, 11) is 0.749. The zero-order valence-corrected chi connectivity index (χ0v) is 4.78. The van der Waals surface area contributed by atoms with Crippen molar-refractivity contribution in [3.63, 3.8) is 0 Å². The van der Waals surface area contributed by atoms with Gasteiger partial charge in [0.25, 0.3) is 7.48 Å². The fourth-order valence-corrected chi connectivity index (χ4v) is 1.94. The highest BCUT2D eigenvalue weighted by Gasteiger charge is 2.31. The Morgan fingerprint density at radius 3 is 2.50 bits per heavy atom.